The van der Waals surface area contributed by atoms with Crippen LogP contribution in [0.1, 0.15) is 5.56 Å². The Bertz CT molecular complexity index is 419. The van der Waals surface area contributed by atoms with Crippen molar-refractivity contribution in [3.63, 3.8) is 0 Å². The Morgan fingerprint density at radius 2 is 1.92 bits per heavy atom. The van der Waals surface area contributed by atoms with Crippen LogP contribution < -0.4 is 10.9 Å². The van der Waals surface area contributed by atoms with Crippen LogP contribution in [0.3, 0.4) is 0 Å². The number of rotatable bonds is 1. The minimum absolute atomic E-state index is 0.0214. The van der Waals surface area contributed by atoms with Crippen molar-refractivity contribution in [3.8, 4) is 0 Å². The Labute approximate surface area is 81.5 Å². The van der Waals surface area contributed by atoms with Gasteiger partial charge >= 0.3 is 0 Å². The van der Waals surface area contributed by atoms with Gasteiger partial charge in [0.1, 0.15) is 0 Å². The maximum absolute atomic E-state index is 10.9. The number of sulfonamides is 1. The summed E-state index contributed by atoms with van der Waals surface area (Å²) in [7, 11) is -3.70. The van der Waals surface area contributed by atoms with E-state index in [0.717, 1.165) is 0 Å². The maximum Gasteiger partial charge on any atom is 0.238 e. The van der Waals surface area contributed by atoms with Crippen LogP contribution in [-0.2, 0) is 10.0 Å². The molecule has 0 aliphatic carbocycles. The average Bonchev–Trinajstić information content (AvgIpc) is 1.97. The minimum Gasteiger partial charge on any atom is -0.397 e. The lowest BCUT2D eigenvalue weighted by atomic mass is 10.2. The molecule has 0 saturated heterocycles. The summed E-state index contributed by atoms with van der Waals surface area (Å²) in [5.74, 6) is 0. The van der Waals surface area contributed by atoms with Crippen LogP contribution in [-0.4, -0.2) is 8.42 Å². The van der Waals surface area contributed by atoms with Crippen LogP contribution in [0.2, 0.25) is 5.02 Å². The first kappa shape index (κ1) is 10.3. The van der Waals surface area contributed by atoms with Gasteiger partial charge in [0, 0.05) is 0 Å². The van der Waals surface area contributed by atoms with E-state index in [-0.39, 0.29) is 10.6 Å². The Kier molecular flexibility index (Phi) is 2.51. The van der Waals surface area contributed by atoms with E-state index in [0.29, 0.717) is 10.6 Å². The summed E-state index contributed by atoms with van der Waals surface area (Å²) in [4.78, 5) is -0.0214. The van der Waals surface area contributed by atoms with Crippen LogP contribution in [0.5, 0.6) is 0 Å². The molecule has 6 heteroatoms. The largest absolute Gasteiger partial charge is 0.397 e. The van der Waals surface area contributed by atoms with E-state index in [4.69, 9.17) is 22.5 Å². The van der Waals surface area contributed by atoms with Gasteiger partial charge in [0.05, 0.1) is 15.6 Å². The van der Waals surface area contributed by atoms with E-state index in [1.54, 1.807) is 6.92 Å². The first-order valence-electron chi connectivity index (χ1n) is 3.41. The third-order valence-corrected chi connectivity index (χ3v) is 2.99. The number of nitrogen functional groups attached to an aromatic ring is 1. The van der Waals surface area contributed by atoms with Gasteiger partial charge in [-0.2, -0.15) is 0 Å². The molecule has 0 spiro atoms. The van der Waals surface area contributed by atoms with E-state index in [1.807, 2.05) is 0 Å². The molecule has 4 nitrogen and oxygen atoms in total. The van der Waals surface area contributed by atoms with E-state index in [1.165, 1.54) is 12.1 Å². The first-order chi connectivity index (χ1) is 5.82. The van der Waals surface area contributed by atoms with Gasteiger partial charge in [-0.1, -0.05) is 11.6 Å². The summed E-state index contributed by atoms with van der Waals surface area (Å²) in [6.45, 7) is 1.66. The van der Waals surface area contributed by atoms with Gasteiger partial charge in [0.2, 0.25) is 10.0 Å². The minimum atomic E-state index is -3.70. The van der Waals surface area contributed by atoms with Crippen LogP contribution in [0, 0.1) is 6.92 Å². The number of primary sulfonamides is 1. The molecule has 0 aliphatic heterocycles. The van der Waals surface area contributed by atoms with Crippen LogP contribution >= 0.6 is 11.6 Å². The summed E-state index contributed by atoms with van der Waals surface area (Å²) < 4.78 is 21.9. The van der Waals surface area contributed by atoms with Gasteiger partial charge in [-0.15, -0.1) is 0 Å². The lowest BCUT2D eigenvalue weighted by Crippen LogP contribution is -2.12. The Balaban J connectivity index is 3.47. The van der Waals surface area contributed by atoms with Crippen molar-refractivity contribution in [1.29, 1.82) is 0 Å². The highest BCUT2D eigenvalue weighted by Gasteiger charge is 2.11. The summed E-state index contributed by atoms with van der Waals surface area (Å²) in [6.07, 6.45) is 0. The molecule has 13 heavy (non-hydrogen) atoms. The zero-order chi connectivity index (χ0) is 10.2. The van der Waals surface area contributed by atoms with E-state index >= 15 is 0 Å². The first-order valence-corrected chi connectivity index (χ1v) is 5.33. The highest BCUT2D eigenvalue weighted by Crippen LogP contribution is 2.25. The molecule has 0 heterocycles. The molecule has 0 bridgehead atoms. The number of anilines is 1. The molecule has 0 atom stereocenters. The molecule has 1 aromatic carbocycles. The summed E-state index contributed by atoms with van der Waals surface area (Å²) in [5, 5.41) is 5.27. The van der Waals surface area contributed by atoms with Crippen molar-refractivity contribution in [2.24, 2.45) is 5.14 Å². The predicted octanol–water partition coefficient (Wildman–Crippen LogP) is 0.878. The molecule has 4 N–H and O–H groups in total. The van der Waals surface area contributed by atoms with Crippen LogP contribution in [0.15, 0.2) is 17.0 Å². The Hall–Kier alpha value is -0.780. The number of benzene rings is 1. The van der Waals surface area contributed by atoms with Crippen molar-refractivity contribution in [2.45, 2.75) is 11.8 Å². The fourth-order valence-electron chi connectivity index (χ4n) is 0.927. The lowest BCUT2D eigenvalue weighted by Gasteiger charge is -2.05. The van der Waals surface area contributed by atoms with E-state index in [9.17, 15) is 8.42 Å². The van der Waals surface area contributed by atoms with Gasteiger partial charge in [0.25, 0.3) is 0 Å². The number of hydrogen-bond acceptors (Lipinski definition) is 3. The zero-order valence-corrected chi connectivity index (χ0v) is 8.48. The number of halogens is 1. The highest BCUT2D eigenvalue weighted by atomic mass is 35.5. The normalized spacial score (nSPS) is 11.6. The third-order valence-electron chi connectivity index (χ3n) is 1.58. The van der Waals surface area contributed by atoms with Gasteiger partial charge in [0.15, 0.2) is 0 Å². The summed E-state index contributed by atoms with van der Waals surface area (Å²) >= 11 is 5.74. The van der Waals surface area contributed by atoms with Crippen LogP contribution in [0.25, 0.3) is 0 Å². The van der Waals surface area contributed by atoms with Crippen molar-refractivity contribution in [2.75, 3.05) is 5.73 Å². The number of hydrogen-bond donors (Lipinski definition) is 2. The smallest absolute Gasteiger partial charge is 0.238 e. The van der Waals surface area contributed by atoms with Gasteiger partial charge < -0.3 is 5.73 Å². The maximum atomic E-state index is 10.9. The van der Waals surface area contributed by atoms with Crippen molar-refractivity contribution in [3.05, 3.63) is 22.7 Å². The molecule has 0 aromatic heterocycles. The quantitative estimate of drug-likeness (QED) is 0.689. The molecular formula is C7H9ClN2O2S. The third kappa shape index (κ3) is 2.12. The van der Waals surface area contributed by atoms with Crippen molar-refractivity contribution >= 4 is 27.3 Å². The SMILES string of the molecule is Cc1cc(S(N)(=O)=O)cc(N)c1Cl. The highest BCUT2D eigenvalue weighted by molar-refractivity contribution is 7.89. The average molecular weight is 221 g/mol. The summed E-state index contributed by atoms with van der Waals surface area (Å²) in [5.41, 5.74) is 6.27. The standard InChI is InChI=1S/C7H9ClN2O2S/c1-4-2-5(13(10,11)12)3-6(9)7(4)8/h2-3H,9H2,1H3,(H2,10,11,12). The molecule has 1 rings (SSSR count). The Morgan fingerprint density at radius 3 is 2.31 bits per heavy atom. The number of nitrogens with two attached hydrogens (primary N) is 2. The summed E-state index contributed by atoms with van der Waals surface area (Å²) in [6, 6.07) is 2.62. The molecule has 0 aliphatic rings. The molecule has 0 unspecified atom stereocenters. The van der Waals surface area contributed by atoms with Crippen LogP contribution in [0.4, 0.5) is 5.69 Å². The fourth-order valence-corrected chi connectivity index (χ4v) is 1.67. The molecule has 0 radical (unpaired) electrons. The van der Waals surface area contributed by atoms with Crippen molar-refractivity contribution in [1.82, 2.24) is 0 Å². The van der Waals surface area contributed by atoms with Gasteiger partial charge in [-0.25, -0.2) is 13.6 Å². The Morgan fingerprint density at radius 1 is 1.38 bits per heavy atom. The van der Waals surface area contributed by atoms with Gasteiger partial charge in [-0.05, 0) is 24.6 Å². The monoisotopic (exact) mass is 220 g/mol. The topological polar surface area (TPSA) is 86.2 Å². The van der Waals surface area contributed by atoms with Crippen molar-refractivity contribution < 1.29 is 8.42 Å². The second-order valence-electron chi connectivity index (χ2n) is 2.69. The number of aryl methyl sites for hydroxylation is 1. The molecule has 0 amide bonds. The second kappa shape index (κ2) is 3.17. The molecule has 1 aromatic rings. The predicted molar refractivity (Wildman–Crippen MR) is 52.0 cm³/mol. The second-order valence-corrected chi connectivity index (χ2v) is 4.63. The molecule has 0 fully saturated rings. The fraction of sp³-hybridized carbons (Fsp3) is 0.143. The van der Waals surface area contributed by atoms with Gasteiger partial charge in [-0.3, -0.25) is 0 Å². The lowest BCUT2D eigenvalue weighted by molar-refractivity contribution is 0.597. The van der Waals surface area contributed by atoms with E-state index in [2.05, 4.69) is 0 Å². The molecule has 0 saturated carbocycles. The van der Waals surface area contributed by atoms with E-state index < -0.39 is 10.0 Å². The molecular weight excluding hydrogens is 212 g/mol. The zero-order valence-electron chi connectivity index (χ0n) is 6.91. The molecule has 72 valence electrons.